The molecule has 0 amide bonds. The summed E-state index contributed by atoms with van der Waals surface area (Å²) in [6, 6.07) is 12.4. The van der Waals surface area contributed by atoms with E-state index in [1.54, 1.807) is 18.2 Å². The van der Waals surface area contributed by atoms with Gasteiger partial charge in [0.25, 0.3) is 5.56 Å². The largest absolute Gasteiger partial charge is 0.493 e. The predicted molar refractivity (Wildman–Crippen MR) is 147 cm³/mol. The lowest BCUT2D eigenvalue weighted by Gasteiger charge is -2.18. The Morgan fingerprint density at radius 3 is 2.55 bits per heavy atom. The Labute approximate surface area is 239 Å². The van der Waals surface area contributed by atoms with Crippen LogP contribution in [0.4, 0.5) is 13.2 Å². The van der Waals surface area contributed by atoms with Crippen molar-refractivity contribution in [2.24, 2.45) is 5.10 Å². The van der Waals surface area contributed by atoms with Crippen LogP contribution < -0.4 is 15.0 Å². The number of methoxy groups -OCH3 is 2. The molecule has 0 spiro atoms. The van der Waals surface area contributed by atoms with Crippen LogP contribution in [0.1, 0.15) is 18.1 Å². The number of carbonyl (C=O) groups is 1. The molecule has 0 bridgehead atoms. The first-order chi connectivity index (χ1) is 19.0. The van der Waals surface area contributed by atoms with Gasteiger partial charge in [0, 0.05) is 15.6 Å². The van der Waals surface area contributed by atoms with Gasteiger partial charge >= 0.3 is 12.1 Å². The van der Waals surface area contributed by atoms with Crippen LogP contribution in [0, 0.1) is 0 Å². The number of nitrogens with zero attached hydrogens (tertiary/aromatic N) is 3. The molecule has 0 saturated heterocycles. The van der Waals surface area contributed by atoms with E-state index in [1.165, 1.54) is 51.6 Å². The molecule has 0 saturated carbocycles. The Bertz CT molecular complexity index is 1690. The summed E-state index contributed by atoms with van der Waals surface area (Å²) >= 11 is 9.86. The monoisotopic (exact) mass is 637 g/mol. The Morgan fingerprint density at radius 1 is 1.15 bits per heavy atom. The van der Waals surface area contributed by atoms with Gasteiger partial charge in [0.05, 0.1) is 36.9 Å². The molecule has 0 N–H and O–H groups in total. The van der Waals surface area contributed by atoms with Gasteiger partial charge in [-0.3, -0.25) is 4.79 Å². The van der Waals surface area contributed by atoms with E-state index in [1.807, 2.05) is 0 Å². The Morgan fingerprint density at radius 2 is 1.88 bits per heavy atom. The van der Waals surface area contributed by atoms with Crippen molar-refractivity contribution in [1.82, 2.24) is 9.66 Å². The van der Waals surface area contributed by atoms with Crippen LogP contribution in [0.25, 0.3) is 22.3 Å². The van der Waals surface area contributed by atoms with Crippen LogP contribution in [0.3, 0.4) is 0 Å². The average molecular weight is 639 g/mol. The predicted octanol–water partition coefficient (Wildman–Crippen LogP) is 6.33. The van der Waals surface area contributed by atoms with Crippen molar-refractivity contribution in [3.05, 3.63) is 85.6 Å². The summed E-state index contributed by atoms with van der Waals surface area (Å²) in [5, 5.41) is 4.53. The third kappa shape index (κ3) is 5.82. The van der Waals surface area contributed by atoms with Gasteiger partial charge in [-0.05, 0) is 53.2 Å². The number of ether oxygens (including phenoxy) is 3. The van der Waals surface area contributed by atoms with E-state index >= 15 is 0 Å². The van der Waals surface area contributed by atoms with Crippen molar-refractivity contribution in [3.63, 3.8) is 0 Å². The van der Waals surface area contributed by atoms with Crippen molar-refractivity contribution in [2.45, 2.75) is 19.2 Å². The minimum atomic E-state index is -4.60. The standard InChI is InChI=1S/C27H20BrClF3N3O5/c1-14(26(37)39-3)40-23-20(38-2)12-16(21(28)22(23)29)13-33-35-24(15-7-6-8-17(11-15)27(30,31)32)34-19-10-5-4-9-18(19)25(35)36/h4-14H,1-3H3/t14-/m0/s1. The van der Waals surface area contributed by atoms with Crippen LogP contribution in [0.5, 0.6) is 11.5 Å². The lowest BCUT2D eigenvalue weighted by atomic mass is 10.1. The summed E-state index contributed by atoms with van der Waals surface area (Å²) in [7, 11) is 2.58. The molecule has 8 nitrogen and oxygen atoms in total. The molecular weight excluding hydrogens is 619 g/mol. The zero-order chi connectivity index (χ0) is 29.2. The summed E-state index contributed by atoms with van der Waals surface area (Å²) in [6.07, 6.45) is -4.34. The van der Waals surface area contributed by atoms with Crippen molar-refractivity contribution >= 4 is 50.6 Å². The van der Waals surface area contributed by atoms with Crippen LogP contribution in [-0.2, 0) is 15.7 Å². The quantitative estimate of drug-likeness (QED) is 0.174. The zero-order valence-electron chi connectivity index (χ0n) is 21.1. The van der Waals surface area contributed by atoms with Gasteiger partial charge in [0.1, 0.15) is 5.02 Å². The maximum absolute atomic E-state index is 13.4. The molecule has 0 fully saturated rings. The van der Waals surface area contributed by atoms with Gasteiger partial charge in [0.2, 0.25) is 0 Å². The van der Waals surface area contributed by atoms with E-state index in [0.29, 0.717) is 11.1 Å². The minimum Gasteiger partial charge on any atom is -0.493 e. The van der Waals surface area contributed by atoms with Crippen molar-refractivity contribution in [1.29, 1.82) is 0 Å². The van der Waals surface area contributed by atoms with E-state index in [0.717, 1.165) is 16.8 Å². The normalized spacial score (nSPS) is 12.5. The fourth-order valence-electron chi connectivity index (χ4n) is 3.72. The third-order valence-electron chi connectivity index (χ3n) is 5.72. The average Bonchev–Trinajstić information content (AvgIpc) is 2.94. The van der Waals surface area contributed by atoms with E-state index < -0.39 is 29.4 Å². The third-order valence-corrected chi connectivity index (χ3v) is 7.16. The number of hydrogen-bond donors (Lipinski definition) is 0. The lowest BCUT2D eigenvalue weighted by Crippen LogP contribution is -2.25. The molecule has 3 aromatic carbocycles. The van der Waals surface area contributed by atoms with E-state index in [4.69, 9.17) is 21.1 Å². The van der Waals surface area contributed by atoms with Crippen molar-refractivity contribution < 1.29 is 32.2 Å². The highest BCUT2D eigenvalue weighted by Gasteiger charge is 2.31. The van der Waals surface area contributed by atoms with Gasteiger partial charge < -0.3 is 14.2 Å². The van der Waals surface area contributed by atoms with Crippen molar-refractivity contribution in [3.8, 4) is 22.9 Å². The number of carbonyl (C=O) groups excluding carboxylic acids is 1. The molecule has 40 heavy (non-hydrogen) atoms. The smallest absolute Gasteiger partial charge is 0.416 e. The SMILES string of the molecule is COC(=O)[C@H](C)Oc1c(OC)cc(C=Nn2c(-c3cccc(C(F)(F)F)c3)nc3ccccc3c2=O)c(Br)c1Cl. The van der Waals surface area contributed by atoms with E-state index in [2.05, 4.69) is 30.8 Å². The molecule has 0 aliphatic heterocycles. The summed E-state index contributed by atoms with van der Waals surface area (Å²) < 4.78 is 57.2. The maximum Gasteiger partial charge on any atom is 0.416 e. The first-order valence-electron chi connectivity index (χ1n) is 11.5. The van der Waals surface area contributed by atoms with Gasteiger partial charge in [0.15, 0.2) is 23.4 Å². The lowest BCUT2D eigenvalue weighted by molar-refractivity contribution is -0.148. The molecule has 0 unspecified atom stereocenters. The molecule has 0 aliphatic carbocycles. The number of aromatic nitrogens is 2. The van der Waals surface area contributed by atoms with Gasteiger partial charge in [-0.2, -0.15) is 22.9 Å². The van der Waals surface area contributed by atoms with Crippen molar-refractivity contribution in [2.75, 3.05) is 14.2 Å². The van der Waals surface area contributed by atoms with E-state index in [9.17, 15) is 22.8 Å². The summed E-state index contributed by atoms with van der Waals surface area (Å²) in [4.78, 5) is 29.7. The molecular formula is C27H20BrClF3N3O5. The van der Waals surface area contributed by atoms with Crippen LogP contribution in [-0.4, -0.2) is 42.2 Å². The summed E-state index contributed by atoms with van der Waals surface area (Å²) in [5.41, 5.74) is -0.854. The number of hydrogen-bond acceptors (Lipinski definition) is 7. The molecule has 4 rings (SSSR count). The Hall–Kier alpha value is -3.90. The second kappa shape index (κ2) is 11.7. The summed E-state index contributed by atoms with van der Waals surface area (Å²) in [5.74, 6) is -0.537. The molecule has 208 valence electrons. The van der Waals surface area contributed by atoms with Crippen LogP contribution >= 0.6 is 27.5 Å². The number of halogens is 5. The van der Waals surface area contributed by atoms with Gasteiger partial charge in [-0.1, -0.05) is 35.9 Å². The number of para-hydroxylation sites is 1. The number of rotatable bonds is 7. The zero-order valence-corrected chi connectivity index (χ0v) is 23.5. The summed E-state index contributed by atoms with van der Waals surface area (Å²) in [6.45, 7) is 1.47. The molecule has 0 radical (unpaired) electrons. The van der Waals surface area contributed by atoms with Crippen LogP contribution in [0.2, 0.25) is 5.02 Å². The highest BCUT2D eigenvalue weighted by atomic mass is 79.9. The second-order valence-corrected chi connectivity index (χ2v) is 9.47. The fraction of sp³-hybridized carbons (Fsp3) is 0.185. The first-order valence-corrected chi connectivity index (χ1v) is 12.7. The number of benzene rings is 3. The first kappa shape index (κ1) is 29.1. The maximum atomic E-state index is 13.4. The highest BCUT2D eigenvalue weighted by Crippen LogP contribution is 2.42. The second-order valence-electron chi connectivity index (χ2n) is 8.30. The molecule has 1 aromatic heterocycles. The number of fused-ring (bicyclic) bond motifs is 1. The Kier molecular flexibility index (Phi) is 8.50. The molecule has 4 aromatic rings. The molecule has 13 heteroatoms. The number of alkyl halides is 3. The topological polar surface area (TPSA) is 92.0 Å². The fourth-order valence-corrected chi connectivity index (χ4v) is 4.37. The highest BCUT2D eigenvalue weighted by molar-refractivity contribution is 9.10. The van der Waals surface area contributed by atoms with E-state index in [-0.39, 0.29) is 37.8 Å². The minimum absolute atomic E-state index is 0.0325. The van der Waals surface area contributed by atoms with Gasteiger partial charge in [-0.15, -0.1) is 0 Å². The Balaban J connectivity index is 1.87. The van der Waals surface area contributed by atoms with Gasteiger partial charge in [-0.25, -0.2) is 9.78 Å². The molecule has 1 heterocycles. The molecule has 0 aliphatic rings. The molecule has 1 atom stereocenters. The number of esters is 1. The van der Waals surface area contributed by atoms with Crippen LogP contribution in [0.15, 0.2) is 69.0 Å².